The number of hydrogen-bond acceptors (Lipinski definition) is 6. The summed E-state index contributed by atoms with van der Waals surface area (Å²) in [4.78, 5) is 12.6. The normalized spacial score (nSPS) is 11.9. The van der Waals surface area contributed by atoms with Crippen LogP contribution in [-0.4, -0.2) is 27.9 Å². The van der Waals surface area contributed by atoms with Gasteiger partial charge in [0.15, 0.2) is 14.1 Å². The zero-order chi connectivity index (χ0) is 17.8. The predicted molar refractivity (Wildman–Crippen MR) is 105 cm³/mol. The lowest BCUT2D eigenvalue weighted by Gasteiger charge is -2.08. The molecule has 128 valence electrons. The molecule has 0 aliphatic heterocycles. The molecule has 3 aromatic rings. The van der Waals surface area contributed by atoms with Gasteiger partial charge in [-0.25, -0.2) is 4.68 Å². The van der Waals surface area contributed by atoms with Crippen molar-refractivity contribution in [3.05, 3.63) is 64.1 Å². The highest BCUT2D eigenvalue weighted by Crippen LogP contribution is 2.29. The van der Waals surface area contributed by atoms with Gasteiger partial charge < -0.3 is 4.74 Å². The van der Waals surface area contributed by atoms with Crippen LogP contribution in [-0.2, 0) is 0 Å². The molecule has 3 rings (SSSR count). The maximum atomic E-state index is 12.6. The summed E-state index contributed by atoms with van der Waals surface area (Å²) in [5.41, 5.74) is 1.58. The zero-order valence-corrected chi connectivity index (χ0v) is 16.2. The number of carbonyl (C=O) groups excluding carboxylic acids is 1. The van der Waals surface area contributed by atoms with E-state index in [-0.39, 0.29) is 11.0 Å². The first-order valence-electron chi connectivity index (χ1n) is 7.59. The van der Waals surface area contributed by atoms with E-state index in [0.717, 1.165) is 15.8 Å². The smallest absolute Gasteiger partial charge is 0.184 e. The third-order valence-corrected chi connectivity index (χ3v) is 5.97. The minimum Gasteiger partial charge on any atom is -0.497 e. The van der Waals surface area contributed by atoms with Crippen molar-refractivity contribution >= 4 is 41.1 Å². The minimum atomic E-state index is -0.252. The molecule has 0 saturated carbocycles. The Hall–Kier alpha value is -1.96. The summed E-state index contributed by atoms with van der Waals surface area (Å²) in [6.07, 6.45) is 0. The topological polar surface area (TPSA) is 44.1 Å². The van der Waals surface area contributed by atoms with Crippen LogP contribution in [0.3, 0.4) is 0 Å². The molecule has 1 aromatic heterocycles. The predicted octanol–water partition coefficient (Wildman–Crippen LogP) is 5.04. The number of thioether (sulfide) groups is 1. The molecule has 0 N–H and O–H groups in total. The third-order valence-electron chi connectivity index (χ3n) is 3.55. The number of ketones is 1. The Balaban J connectivity index is 1.75. The van der Waals surface area contributed by atoms with Crippen LogP contribution in [0.2, 0.25) is 0 Å². The van der Waals surface area contributed by atoms with E-state index in [4.69, 9.17) is 17.0 Å². The first kappa shape index (κ1) is 17.8. The molecule has 0 spiro atoms. The summed E-state index contributed by atoms with van der Waals surface area (Å²) in [7, 11) is 1.60. The molecule has 2 aromatic carbocycles. The second-order valence-corrected chi connectivity index (χ2v) is 8.44. The van der Waals surface area contributed by atoms with E-state index in [1.807, 2.05) is 37.3 Å². The van der Waals surface area contributed by atoms with Crippen LogP contribution in [0.25, 0.3) is 5.69 Å². The van der Waals surface area contributed by atoms with Gasteiger partial charge in [-0.15, -0.1) is 5.10 Å². The van der Waals surface area contributed by atoms with Crippen molar-refractivity contribution in [2.75, 3.05) is 7.11 Å². The number of carbonyl (C=O) groups is 1. The molecule has 1 unspecified atom stereocenters. The molecule has 0 saturated heterocycles. The van der Waals surface area contributed by atoms with Crippen LogP contribution in [0.5, 0.6) is 5.75 Å². The Morgan fingerprint density at radius 1 is 1.20 bits per heavy atom. The molecule has 1 heterocycles. The van der Waals surface area contributed by atoms with Gasteiger partial charge in [0.05, 0.1) is 18.0 Å². The second kappa shape index (κ2) is 7.95. The average Bonchev–Trinajstić information content (AvgIpc) is 3.02. The Kier molecular flexibility index (Phi) is 5.67. The van der Waals surface area contributed by atoms with E-state index in [9.17, 15) is 4.79 Å². The molecule has 0 aliphatic rings. The maximum absolute atomic E-state index is 12.6. The van der Waals surface area contributed by atoms with Crippen molar-refractivity contribution in [1.82, 2.24) is 9.78 Å². The average molecular weight is 389 g/mol. The van der Waals surface area contributed by atoms with Crippen molar-refractivity contribution in [1.29, 1.82) is 0 Å². The van der Waals surface area contributed by atoms with Gasteiger partial charge in [-0.1, -0.05) is 41.3 Å². The van der Waals surface area contributed by atoms with E-state index in [1.165, 1.54) is 23.1 Å². The lowest BCUT2D eigenvalue weighted by Crippen LogP contribution is -2.13. The molecular weight excluding hydrogens is 372 g/mol. The molecule has 1 atom stereocenters. The van der Waals surface area contributed by atoms with Gasteiger partial charge in [-0.05, 0) is 55.5 Å². The maximum Gasteiger partial charge on any atom is 0.184 e. The number of rotatable bonds is 6. The number of para-hydroxylation sites is 1. The molecule has 0 amide bonds. The van der Waals surface area contributed by atoms with Crippen molar-refractivity contribution in [2.45, 2.75) is 16.5 Å². The Bertz CT molecular complexity index is 917. The largest absolute Gasteiger partial charge is 0.497 e. The standard InChI is InChI=1S/C18H16N2O2S3/c1-12(16(21)13-8-10-15(22-2)11-9-13)24-17-19-20(18(23)25-17)14-6-4-3-5-7-14/h3-12H,1-2H3. The summed E-state index contributed by atoms with van der Waals surface area (Å²) in [5, 5.41) is 4.29. The SMILES string of the molecule is COc1ccc(C(=O)C(C)Sc2nn(-c3ccccc3)c(=S)s2)cc1. The van der Waals surface area contributed by atoms with Gasteiger partial charge in [0.25, 0.3) is 0 Å². The summed E-state index contributed by atoms with van der Waals surface area (Å²) in [6, 6.07) is 16.9. The van der Waals surface area contributed by atoms with Crippen molar-refractivity contribution < 1.29 is 9.53 Å². The van der Waals surface area contributed by atoms with Crippen LogP contribution in [0, 0.1) is 3.95 Å². The fourth-order valence-electron chi connectivity index (χ4n) is 2.24. The van der Waals surface area contributed by atoms with Gasteiger partial charge in [0.2, 0.25) is 0 Å². The van der Waals surface area contributed by atoms with E-state index in [0.29, 0.717) is 9.52 Å². The third kappa shape index (κ3) is 4.18. The first-order chi connectivity index (χ1) is 12.1. The summed E-state index contributed by atoms with van der Waals surface area (Å²) < 4.78 is 8.30. The molecule has 0 fully saturated rings. The molecule has 0 radical (unpaired) electrons. The number of benzene rings is 2. The van der Waals surface area contributed by atoms with E-state index in [1.54, 1.807) is 36.1 Å². The van der Waals surface area contributed by atoms with E-state index < -0.39 is 0 Å². The molecule has 0 bridgehead atoms. The van der Waals surface area contributed by atoms with E-state index >= 15 is 0 Å². The van der Waals surface area contributed by atoms with Gasteiger partial charge in [0.1, 0.15) is 5.75 Å². The van der Waals surface area contributed by atoms with Gasteiger partial charge in [-0.2, -0.15) is 0 Å². The zero-order valence-electron chi connectivity index (χ0n) is 13.7. The monoisotopic (exact) mass is 388 g/mol. The second-order valence-electron chi connectivity index (χ2n) is 5.23. The molecule has 7 heteroatoms. The first-order valence-corrected chi connectivity index (χ1v) is 9.69. The Labute approximate surface area is 159 Å². The van der Waals surface area contributed by atoms with Gasteiger partial charge in [0, 0.05) is 5.56 Å². The molecule has 4 nitrogen and oxygen atoms in total. The number of nitrogens with zero attached hydrogens (tertiary/aromatic N) is 2. The highest BCUT2D eigenvalue weighted by atomic mass is 32.2. The highest BCUT2D eigenvalue weighted by Gasteiger charge is 2.19. The van der Waals surface area contributed by atoms with Crippen molar-refractivity contribution in [3.63, 3.8) is 0 Å². The van der Waals surface area contributed by atoms with Crippen molar-refractivity contribution in [3.8, 4) is 11.4 Å². The van der Waals surface area contributed by atoms with Crippen LogP contribution in [0.1, 0.15) is 17.3 Å². The van der Waals surface area contributed by atoms with Crippen LogP contribution < -0.4 is 4.74 Å². The Morgan fingerprint density at radius 3 is 2.52 bits per heavy atom. The molecule has 25 heavy (non-hydrogen) atoms. The lowest BCUT2D eigenvalue weighted by molar-refractivity contribution is 0.0994. The quantitative estimate of drug-likeness (QED) is 0.336. The van der Waals surface area contributed by atoms with Crippen molar-refractivity contribution in [2.24, 2.45) is 0 Å². The summed E-state index contributed by atoms with van der Waals surface area (Å²) in [6.45, 7) is 1.88. The van der Waals surface area contributed by atoms with Gasteiger partial charge in [-0.3, -0.25) is 4.79 Å². The fourth-order valence-corrected chi connectivity index (χ4v) is 4.82. The highest BCUT2D eigenvalue weighted by molar-refractivity contribution is 8.02. The van der Waals surface area contributed by atoms with Crippen LogP contribution >= 0.6 is 35.3 Å². The number of hydrogen-bond donors (Lipinski definition) is 0. The Morgan fingerprint density at radius 2 is 1.88 bits per heavy atom. The van der Waals surface area contributed by atoms with Gasteiger partial charge >= 0.3 is 0 Å². The summed E-state index contributed by atoms with van der Waals surface area (Å²) >= 11 is 8.24. The summed E-state index contributed by atoms with van der Waals surface area (Å²) in [5.74, 6) is 0.788. The molecule has 0 aliphatic carbocycles. The molecular formula is C18H16N2O2S3. The number of ether oxygens (including phenoxy) is 1. The number of aromatic nitrogens is 2. The number of Topliss-reactive ketones (excluding diaryl/α,β-unsaturated/α-hetero) is 1. The number of methoxy groups -OCH3 is 1. The van der Waals surface area contributed by atoms with E-state index in [2.05, 4.69) is 5.10 Å². The van der Waals surface area contributed by atoms with Crippen LogP contribution in [0.15, 0.2) is 58.9 Å². The van der Waals surface area contributed by atoms with Crippen LogP contribution in [0.4, 0.5) is 0 Å². The minimum absolute atomic E-state index is 0.0556. The fraction of sp³-hybridized carbons (Fsp3) is 0.167. The lowest BCUT2D eigenvalue weighted by atomic mass is 10.1.